The zero-order chi connectivity index (χ0) is 11.5. The third kappa shape index (κ3) is 2.37. The molecule has 0 bridgehead atoms. The van der Waals surface area contributed by atoms with Gasteiger partial charge in [0.05, 0.1) is 0 Å². The Bertz CT molecular complexity index is 509. The lowest BCUT2D eigenvalue weighted by Crippen LogP contribution is -1.95. The van der Waals surface area contributed by atoms with Crippen molar-refractivity contribution < 1.29 is 4.39 Å². The van der Waals surface area contributed by atoms with E-state index in [-0.39, 0.29) is 5.82 Å². The molecular formula is C13H13FN2. The summed E-state index contributed by atoms with van der Waals surface area (Å²) in [6.07, 6.45) is 2.43. The van der Waals surface area contributed by atoms with Crippen LogP contribution >= 0.6 is 0 Å². The van der Waals surface area contributed by atoms with Crippen LogP contribution in [0.5, 0.6) is 0 Å². The minimum atomic E-state index is -0.199. The Morgan fingerprint density at radius 3 is 2.75 bits per heavy atom. The first-order chi connectivity index (χ1) is 7.65. The number of nitrogens with two attached hydrogens (primary N) is 1. The lowest BCUT2D eigenvalue weighted by atomic mass is 10.0. The van der Waals surface area contributed by atoms with Gasteiger partial charge in [0.25, 0.3) is 0 Å². The third-order valence-corrected chi connectivity index (χ3v) is 2.54. The molecule has 2 aromatic rings. The Morgan fingerprint density at radius 2 is 2.06 bits per heavy atom. The summed E-state index contributed by atoms with van der Waals surface area (Å²) in [7, 11) is 0. The molecule has 2 rings (SSSR count). The van der Waals surface area contributed by atoms with Crippen LogP contribution in [0.1, 0.15) is 16.7 Å². The van der Waals surface area contributed by atoms with Crippen LogP contribution in [0.15, 0.2) is 36.5 Å². The molecule has 3 heteroatoms. The van der Waals surface area contributed by atoms with Crippen molar-refractivity contribution in [1.82, 2.24) is 4.98 Å². The summed E-state index contributed by atoms with van der Waals surface area (Å²) in [4.78, 5) is 3.94. The highest BCUT2D eigenvalue weighted by molar-refractivity contribution is 5.37. The molecule has 0 spiro atoms. The van der Waals surface area contributed by atoms with Gasteiger partial charge in [0, 0.05) is 6.20 Å². The number of pyridine rings is 1. The first-order valence-electron chi connectivity index (χ1n) is 5.10. The number of aromatic nitrogens is 1. The van der Waals surface area contributed by atoms with Gasteiger partial charge in [0.15, 0.2) is 0 Å². The number of hydrogen-bond donors (Lipinski definition) is 1. The number of anilines is 1. The number of rotatable bonds is 2. The zero-order valence-corrected chi connectivity index (χ0v) is 9.07. The zero-order valence-electron chi connectivity index (χ0n) is 9.07. The number of halogens is 1. The standard InChI is InChI=1S/C13H13FN2/c1-9-6-12(14)3-2-11(9)7-10-4-5-16-13(15)8-10/h2-6,8H,7H2,1H3,(H2,15,16). The van der Waals surface area contributed by atoms with E-state index in [4.69, 9.17) is 5.73 Å². The van der Waals surface area contributed by atoms with E-state index in [2.05, 4.69) is 4.98 Å². The number of aryl methyl sites for hydroxylation is 1. The highest BCUT2D eigenvalue weighted by Gasteiger charge is 2.02. The molecule has 0 radical (unpaired) electrons. The van der Waals surface area contributed by atoms with Crippen molar-refractivity contribution in [2.24, 2.45) is 0 Å². The molecule has 0 fully saturated rings. The molecule has 1 aromatic carbocycles. The van der Waals surface area contributed by atoms with Crippen LogP contribution in [0.25, 0.3) is 0 Å². The number of hydrogen-bond acceptors (Lipinski definition) is 2. The highest BCUT2D eigenvalue weighted by atomic mass is 19.1. The van der Waals surface area contributed by atoms with E-state index in [0.29, 0.717) is 5.82 Å². The Hall–Kier alpha value is -1.90. The minimum absolute atomic E-state index is 0.199. The van der Waals surface area contributed by atoms with Crippen LogP contribution in [0.3, 0.4) is 0 Å². The molecule has 0 saturated heterocycles. The van der Waals surface area contributed by atoms with Crippen molar-refractivity contribution in [2.75, 3.05) is 5.73 Å². The average Bonchev–Trinajstić information content (AvgIpc) is 2.22. The molecule has 0 saturated carbocycles. The van der Waals surface area contributed by atoms with Crippen LogP contribution in [-0.2, 0) is 6.42 Å². The minimum Gasteiger partial charge on any atom is -0.384 e. The first-order valence-corrected chi connectivity index (χ1v) is 5.10. The van der Waals surface area contributed by atoms with E-state index in [1.54, 1.807) is 18.3 Å². The second kappa shape index (κ2) is 4.31. The van der Waals surface area contributed by atoms with Crippen LogP contribution in [0.2, 0.25) is 0 Å². The van der Waals surface area contributed by atoms with Crippen LogP contribution in [0, 0.1) is 12.7 Å². The maximum Gasteiger partial charge on any atom is 0.123 e. The topological polar surface area (TPSA) is 38.9 Å². The summed E-state index contributed by atoms with van der Waals surface area (Å²) < 4.78 is 12.9. The second-order valence-electron chi connectivity index (χ2n) is 3.84. The molecule has 0 aliphatic heterocycles. The monoisotopic (exact) mass is 216 g/mol. The Labute approximate surface area is 93.9 Å². The SMILES string of the molecule is Cc1cc(F)ccc1Cc1ccnc(N)c1. The maximum absolute atomic E-state index is 12.9. The number of nitrogen functional groups attached to an aromatic ring is 1. The van der Waals surface area contributed by atoms with Crippen LogP contribution in [0.4, 0.5) is 10.2 Å². The molecule has 2 nitrogen and oxygen atoms in total. The van der Waals surface area contributed by atoms with Gasteiger partial charge in [-0.05, 0) is 54.3 Å². The highest BCUT2D eigenvalue weighted by Crippen LogP contribution is 2.15. The molecule has 0 aliphatic carbocycles. The van der Waals surface area contributed by atoms with Gasteiger partial charge >= 0.3 is 0 Å². The Balaban J connectivity index is 2.27. The fourth-order valence-corrected chi connectivity index (χ4v) is 1.68. The fourth-order valence-electron chi connectivity index (χ4n) is 1.68. The summed E-state index contributed by atoms with van der Waals surface area (Å²) in [5.74, 6) is 0.313. The molecular weight excluding hydrogens is 203 g/mol. The molecule has 0 aliphatic rings. The molecule has 1 heterocycles. The van der Waals surface area contributed by atoms with Crippen molar-refractivity contribution in [1.29, 1.82) is 0 Å². The molecule has 1 aromatic heterocycles. The second-order valence-corrected chi connectivity index (χ2v) is 3.84. The average molecular weight is 216 g/mol. The maximum atomic E-state index is 12.9. The lowest BCUT2D eigenvalue weighted by Gasteiger charge is -2.06. The van der Waals surface area contributed by atoms with E-state index < -0.39 is 0 Å². The van der Waals surface area contributed by atoms with Crippen molar-refractivity contribution in [3.05, 3.63) is 59.0 Å². The quantitative estimate of drug-likeness (QED) is 0.838. The van der Waals surface area contributed by atoms with Gasteiger partial charge in [0.2, 0.25) is 0 Å². The van der Waals surface area contributed by atoms with Gasteiger partial charge in [0.1, 0.15) is 11.6 Å². The molecule has 2 N–H and O–H groups in total. The van der Waals surface area contributed by atoms with Crippen molar-refractivity contribution in [3.63, 3.8) is 0 Å². The van der Waals surface area contributed by atoms with Gasteiger partial charge in [-0.2, -0.15) is 0 Å². The fraction of sp³-hybridized carbons (Fsp3) is 0.154. The molecule has 0 unspecified atom stereocenters. The predicted molar refractivity (Wildman–Crippen MR) is 62.6 cm³/mol. The molecule has 0 amide bonds. The van der Waals surface area contributed by atoms with E-state index in [0.717, 1.165) is 23.1 Å². The Kier molecular flexibility index (Phi) is 2.86. The van der Waals surface area contributed by atoms with Gasteiger partial charge in [-0.3, -0.25) is 0 Å². The van der Waals surface area contributed by atoms with Crippen molar-refractivity contribution in [2.45, 2.75) is 13.3 Å². The largest absolute Gasteiger partial charge is 0.384 e. The van der Waals surface area contributed by atoms with Crippen molar-refractivity contribution >= 4 is 5.82 Å². The number of benzene rings is 1. The van der Waals surface area contributed by atoms with Gasteiger partial charge in [-0.15, -0.1) is 0 Å². The van der Waals surface area contributed by atoms with Crippen molar-refractivity contribution in [3.8, 4) is 0 Å². The summed E-state index contributed by atoms with van der Waals surface area (Å²) >= 11 is 0. The van der Waals surface area contributed by atoms with Gasteiger partial charge < -0.3 is 5.73 Å². The summed E-state index contributed by atoms with van der Waals surface area (Å²) in [5, 5.41) is 0. The lowest BCUT2D eigenvalue weighted by molar-refractivity contribution is 0.626. The van der Waals surface area contributed by atoms with E-state index >= 15 is 0 Å². The van der Waals surface area contributed by atoms with E-state index in [1.165, 1.54) is 6.07 Å². The normalized spacial score (nSPS) is 10.4. The number of nitrogens with zero attached hydrogens (tertiary/aromatic N) is 1. The van der Waals surface area contributed by atoms with E-state index in [9.17, 15) is 4.39 Å². The third-order valence-electron chi connectivity index (χ3n) is 2.54. The summed E-state index contributed by atoms with van der Waals surface area (Å²) in [5.41, 5.74) is 8.75. The smallest absolute Gasteiger partial charge is 0.123 e. The van der Waals surface area contributed by atoms with E-state index in [1.807, 2.05) is 19.1 Å². The molecule has 82 valence electrons. The summed E-state index contributed by atoms with van der Waals surface area (Å²) in [6.45, 7) is 1.91. The first kappa shape index (κ1) is 10.6. The predicted octanol–water partition coefficient (Wildman–Crippen LogP) is 2.70. The van der Waals surface area contributed by atoms with Gasteiger partial charge in [-0.25, -0.2) is 9.37 Å². The van der Waals surface area contributed by atoms with Crippen LogP contribution < -0.4 is 5.73 Å². The Morgan fingerprint density at radius 1 is 1.25 bits per heavy atom. The van der Waals surface area contributed by atoms with Gasteiger partial charge in [-0.1, -0.05) is 6.07 Å². The van der Waals surface area contributed by atoms with Crippen LogP contribution in [-0.4, -0.2) is 4.98 Å². The molecule has 16 heavy (non-hydrogen) atoms. The molecule has 0 atom stereocenters. The summed E-state index contributed by atoms with van der Waals surface area (Å²) in [6, 6.07) is 8.58.